The average Bonchev–Trinajstić information content (AvgIpc) is 2.65. The Labute approximate surface area is 157 Å². The number of thioether (sulfide) groups is 1. The van der Waals surface area contributed by atoms with Crippen LogP contribution in [0, 0.1) is 11.6 Å². The highest BCUT2D eigenvalue weighted by Crippen LogP contribution is 2.22. The molecule has 0 aliphatic carbocycles. The van der Waals surface area contributed by atoms with E-state index in [0.29, 0.717) is 6.54 Å². The van der Waals surface area contributed by atoms with Gasteiger partial charge < -0.3 is 10.2 Å². The summed E-state index contributed by atoms with van der Waals surface area (Å²) in [6.07, 6.45) is 0. The molecule has 0 aliphatic heterocycles. The molecule has 2 aromatic rings. The lowest BCUT2D eigenvalue weighted by atomic mass is 10.1. The summed E-state index contributed by atoms with van der Waals surface area (Å²) in [5.74, 6) is -1.19. The third-order valence-electron chi connectivity index (χ3n) is 4.29. The molecule has 0 atom stereocenters. The van der Waals surface area contributed by atoms with Crippen molar-refractivity contribution in [3.63, 3.8) is 0 Å². The Bertz CT molecular complexity index is 736. The molecule has 26 heavy (non-hydrogen) atoms. The van der Waals surface area contributed by atoms with E-state index < -0.39 is 11.6 Å². The number of carbonyl (C=O) groups is 1. The first kappa shape index (κ1) is 20.4. The van der Waals surface area contributed by atoms with Crippen LogP contribution in [-0.4, -0.2) is 24.7 Å². The topological polar surface area (TPSA) is 33.5 Å². The molecular weight excluding hydrogens is 354 g/mol. The predicted molar refractivity (Wildman–Crippen MR) is 101 cm³/mol. The average molecular weight is 379 g/mol. The normalized spacial score (nSPS) is 11.0. The van der Waals surface area contributed by atoms with Crippen LogP contribution in [0.3, 0.4) is 0 Å². The van der Waals surface area contributed by atoms with Gasteiger partial charge in [0, 0.05) is 17.0 Å². The van der Waals surface area contributed by atoms with Gasteiger partial charge in [-0.15, -0.1) is 11.8 Å². The summed E-state index contributed by atoms with van der Waals surface area (Å²) in [6, 6.07) is 11.3. The van der Waals surface area contributed by atoms with Crippen LogP contribution in [0.15, 0.2) is 47.4 Å². The summed E-state index contributed by atoms with van der Waals surface area (Å²) in [6.45, 7) is 7.77. The van der Waals surface area contributed by atoms with E-state index in [0.717, 1.165) is 55.2 Å². The van der Waals surface area contributed by atoms with Crippen molar-refractivity contribution in [3.05, 3.63) is 65.2 Å². The minimum absolute atomic E-state index is 0.0455. The first-order valence-electron chi connectivity index (χ1n) is 8.78. The van der Waals surface area contributed by atoms with Gasteiger partial charge in [-0.05, 0) is 37.6 Å². The smallest absolute Gasteiger partial charge is 0.230 e. The molecule has 0 fully saturated rings. The lowest BCUT2D eigenvalue weighted by molar-refractivity contribution is -0.910. The molecule has 0 saturated heterocycles. The number of rotatable bonds is 9. The fourth-order valence-electron chi connectivity index (χ4n) is 2.65. The zero-order chi connectivity index (χ0) is 18.9. The third kappa shape index (κ3) is 6.11. The Morgan fingerprint density at radius 1 is 1.08 bits per heavy atom. The maximum absolute atomic E-state index is 13.6. The van der Waals surface area contributed by atoms with E-state index in [9.17, 15) is 13.6 Å². The van der Waals surface area contributed by atoms with Crippen molar-refractivity contribution < 1.29 is 18.5 Å². The number of nitrogens with one attached hydrogen (secondary N) is 2. The maximum atomic E-state index is 13.6. The molecule has 2 aromatic carbocycles. The van der Waals surface area contributed by atoms with E-state index >= 15 is 0 Å². The van der Waals surface area contributed by atoms with Crippen molar-refractivity contribution >= 4 is 17.7 Å². The molecular formula is C20H25F2N2OS+. The summed E-state index contributed by atoms with van der Waals surface area (Å²) in [7, 11) is 0. The van der Waals surface area contributed by atoms with E-state index in [2.05, 4.69) is 25.2 Å². The third-order valence-corrected chi connectivity index (χ3v) is 5.32. The Morgan fingerprint density at radius 3 is 2.46 bits per heavy atom. The van der Waals surface area contributed by atoms with Gasteiger partial charge >= 0.3 is 0 Å². The van der Waals surface area contributed by atoms with Gasteiger partial charge in [0.05, 0.1) is 18.8 Å². The van der Waals surface area contributed by atoms with E-state index in [1.54, 1.807) is 0 Å². The SMILES string of the molecule is CC[NH+](CC)Cc1ccccc1CNC(=O)CSc1cc(F)ccc1F. The second-order valence-electron chi connectivity index (χ2n) is 6.04. The first-order valence-corrected chi connectivity index (χ1v) is 9.76. The highest BCUT2D eigenvalue weighted by molar-refractivity contribution is 8.00. The van der Waals surface area contributed by atoms with E-state index in [-0.39, 0.29) is 16.6 Å². The highest BCUT2D eigenvalue weighted by atomic mass is 32.2. The van der Waals surface area contributed by atoms with Gasteiger partial charge in [0.2, 0.25) is 5.91 Å². The molecule has 2 N–H and O–H groups in total. The molecule has 3 nitrogen and oxygen atoms in total. The van der Waals surface area contributed by atoms with E-state index in [4.69, 9.17) is 0 Å². The maximum Gasteiger partial charge on any atom is 0.230 e. The van der Waals surface area contributed by atoms with E-state index in [1.165, 1.54) is 10.5 Å². The zero-order valence-corrected chi connectivity index (χ0v) is 16.0. The summed E-state index contributed by atoms with van der Waals surface area (Å²) in [5.41, 5.74) is 2.30. The van der Waals surface area contributed by atoms with Crippen molar-refractivity contribution in [2.75, 3.05) is 18.8 Å². The highest BCUT2D eigenvalue weighted by Gasteiger charge is 2.11. The van der Waals surface area contributed by atoms with Gasteiger partial charge in [0.25, 0.3) is 0 Å². The van der Waals surface area contributed by atoms with E-state index in [1.807, 2.05) is 18.2 Å². The van der Waals surface area contributed by atoms with Crippen molar-refractivity contribution in [1.29, 1.82) is 0 Å². The Morgan fingerprint density at radius 2 is 1.77 bits per heavy atom. The molecule has 2 rings (SSSR count). The lowest BCUT2D eigenvalue weighted by Crippen LogP contribution is -3.10. The number of carbonyl (C=O) groups excluding carboxylic acids is 1. The van der Waals surface area contributed by atoms with Gasteiger partial charge in [0.1, 0.15) is 18.2 Å². The fourth-order valence-corrected chi connectivity index (χ4v) is 3.44. The molecule has 0 bridgehead atoms. The first-order chi connectivity index (χ1) is 12.5. The lowest BCUT2D eigenvalue weighted by Gasteiger charge is -2.18. The van der Waals surface area contributed by atoms with Crippen LogP contribution in [0.5, 0.6) is 0 Å². The summed E-state index contributed by atoms with van der Waals surface area (Å²) < 4.78 is 26.8. The van der Waals surface area contributed by atoms with Gasteiger partial charge in [-0.25, -0.2) is 8.78 Å². The van der Waals surface area contributed by atoms with Gasteiger partial charge in [-0.3, -0.25) is 4.79 Å². The van der Waals surface area contributed by atoms with Crippen LogP contribution >= 0.6 is 11.8 Å². The number of halogens is 2. The van der Waals surface area contributed by atoms with Crippen molar-refractivity contribution in [2.24, 2.45) is 0 Å². The van der Waals surface area contributed by atoms with Crippen molar-refractivity contribution in [2.45, 2.75) is 31.8 Å². The molecule has 0 heterocycles. The molecule has 1 amide bonds. The van der Waals surface area contributed by atoms with Crippen LogP contribution < -0.4 is 10.2 Å². The summed E-state index contributed by atoms with van der Waals surface area (Å²) in [5, 5.41) is 2.87. The van der Waals surface area contributed by atoms with Crippen LogP contribution in [0.1, 0.15) is 25.0 Å². The van der Waals surface area contributed by atoms with Crippen LogP contribution in [0.25, 0.3) is 0 Å². The number of hydrogen-bond acceptors (Lipinski definition) is 2. The minimum Gasteiger partial charge on any atom is -0.351 e. The molecule has 0 aliphatic rings. The minimum atomic E-state index is -0.517. The fraction of sp³-hybridized carbons (Fsp3) is 0.350. The number of hydrogen-bond donors (Lipinski definition) is 2. The molecule has 0 aromatic heterocycles. The second-order valence-corrected chi connectivity index (χ2v) is 7.06. The Kier molecular flexibility index (Phi) is 8.06. The standard InChI is InChI=1S/C20H24F2N2OS/c1-3-24(4-2)13-16-8-6-5-7-15(16)12-23-20(25)14-26-19-11-17(21)9-10-18(19)22/h5-11H,3-4,12-14H2,1-2H3,(H,23,25)/p+1. The number of amides is 1. The monoisotopic (exact) mass is 379 g/mol. The molecule has 6 heteroatoms. The Hall–Kier alpha value is -1.92. The zero-order valence-electron chi connectivity index (χ0n) is 15.1. The molecule has 140 valence electrons. The van der Waals surface area contributed by atoms with Gasteiger partial charge in [-0.1, -0.05) is 24.3 Å². The Balaban J connectivity index is 1.90. The van der Waals surface area contributed by atoms with Gasteiger partial charge in [-0.2, -0.15) is 0 Å². The van der Waals surface area contributed by atoms with Crippen LogP contribution in [0.4, 0.5) is 8.78 Å². The second kappa shape index (κ2) is 10.3. The van der Waals surface area contributed by atoms with Crippen LogP contribution in [-0.2, 0) is 17.9 Å². The number of quaternary nitrogens is 1. The quantitative estimate of drug-likeness (QED) is 0.657. The van der Waals surface area contributed by atoms with Crippen molar-refractivity contribution in [3.8, 4) is 0 Å². The molecule has 0 saturated carbocycles. The number of benzene rings is 2. The van der Waals surface area contributed by atoms with Crippen molar-refractivity contribution in [1.82, 2.24) is 5.32 Å². The van der Waals surface area contributed by atoms with Gasteiger partial charge in [0.15, 0.2) is 0 Å². The molecule has 0 unspecified atom stereocenters. The summed E-state index contributed by atoms with van der Waals surface area (Å²) in [4.78, 5) is 13.7. The van der Waals surface area contributed by atoms with Crippen LogP contribution in [0.2, 0.25) is 0 Å². The predicted octanol–water partition coefficient (Wildman–Crippen LogP) is 2.80. The molecule has 0 spiro atoms. The largest absolute Gasteiger partial charge is 0.351 e. The summed E-state index contributed by atoms with van der Waals surface area (Å²) >= 11 is 0.995. The molecule has 0 radical (unpaired) electrons.